The van der Waals surface area contributed by atoms with Crippen LogP contribution in [0.25, 0.3) is 0 Å². The molecule has 15 heavy (non-hydrogen) atoms. The van der Waals surface area contributed by atoms with E-state index in [9.17, 15) is 17.6 Å². The average molecular weight is 241 g/mol. The molecule has 0 aliphatic rings. The van der Waals surface area contributed by atoms with Crippen LogP contribution in [0.1, 0.15) is 0 Å². The lowest BCUT2D eigenvalue weighted by Gasteiger charge is -2.07. The number of hydrogen-bond acceptors (Lipinski definition) is 3. The van der Waals surface area contributed by atoms with Crippen molar-refractivity contribution in [3.05, 3.63) is 24.3 Å². The molecular formula is C8H7F4NOS. The van der Waals surface area contributed by atoms with Crippen molar-refractivity contribution < 1.29 is 22.3 Å². The summed E-state index contributed by atoms with van der Waals surface area (Å²) in [7, 11) is 0. The lowest BCUT2D eigenvalue weighted by molar-refractivity contribution is -0.0329. The smallest absolute Gasteiger partial charge is 0.441 e. The Morgan fingerprint density at radius 1 is 1.40 bits per heavy atom. The van der Waals surface area contributed by atoms with Crippen LogP contribution >= 0.6 is 11.8 Å². The number of aromatic nitrogens is 1. The monoisotopic (exact) mass is 241 g/mol. The van der Waals surface area contributed by atoms with Gasteiger partial charge in [0.25, 0.3) is 5.95 Å². The summed E-state index contributed by atoms with van der Waals surface area (Å²) in [4.78, 5) is 3.29. The predicted octanol–water partition coefficient (Wildman–Crippen LogP) is 2.85. The number of thioether (sulfide) groups is 1. The van der Waals surface area contributed by atoms with Gasteiger partial charge in [0.1, 0.15) is 0 Å². The molecular weight excluding hydrogens is 234 g/mol. The highest BCUT2D eigenvalue weighted by atomic mass is 32.2. The molecule has 0 bridgehead atoms. The minimum atomic E-state index is -4.28. The SMILES string of the molecule is Fc1ncccc1OCCSC(F)(F)F. The zero-order valence-corrected chi connectivity index (χ0v) is 8.24. The van der Waals surface area contributed by atoms with Crippen LogP contribution in [0.5, 0.6) is 5.75 Å². The maximum atomic E-state index is 12.8. The summed E-state index contributed by atoms with van der Waals surface area (Å²) in [6, 6.07) is 2.75. The van der Waals surface area contributed by atoms with Crippen LogP contribution in [0, 0.1) is 5.95 Å². The maximum Gasteiger partial charge on any atom is 0.441 e. The normalized spacial score (nSPS) is 11.5. The second-order valence-electron chi connectivity index (χ2n) is 2.44. The maximum absolute atomic E-state index is 12.8. The Morgan fingerprint density at radius 3 is 2.73 bits per heavy atom. The quantitative estimate of drug-likeness (QED) is 0.459. The van der Waals surface area contributed by atoms with Crippen LogP contribution in [0.3, 0.4) is 0 Å². The third-order valence-corrected chi connectivity index (χ3v) is 2.03. The second kappa shape index (κ2) is 5.20. The molecule has 0 radical (unpaired) electrons. The van der Waals surface area contributed by atoms with Crippen molar-refractivity contribution in [2.24, 2.45) is 0 Å². The van der Waals surface area contributed by atoms with Gasteiger partial charge in [-0.05, 0) is 23.9 Å². The molecule has 1 rings (SSSR count). The number of alkyl halides is 3. The van der Waals surface area contributed by atoms with Crippen LogP contribution in [0.4, 0.5) is 17.6 Å². The lowest BCUT2D eigenvalue weighted by atomic mass is 10.4. The van der Waals surface area contributed by atoms with E-state index in [-0.39, 0.29) is 29.9 Å². The van der Waals surface area contributed by atoms with Crippen molar-refractivity contribution in [2.45, 2.75) is 5.51 Å². The van der Waals surface area contributed by atoms with Crippen molar-refractivity contribution in [1.82, 2.24) is 4.98 Å². The van der Waals surface area contributed by atoms with E-state index in [0.29, 0.717) is 0 Å². The van der Waals surface area contributed by atoms with E-state index in [1.54, 1.807) is 0 Å². The van der Waals surface area contributed by atoms with E-state index in [0.717, 1.165) is 0 Å². The van der Waals surface area contributed by atoms with Gasteiger partial charge in [0.2, 0.25) is 0 Å². The average Bonchev–Trinajstić information content (AvgIpc) is 2.13. The van der Waals surface area contributed by atoms with Crippen LogP contribution < -0.4 is 4.74 Å². The minimum Gasteiger partial charge on any atom is -0.488 e. The van der Waals surface area contributed by atoms with Gasteiger partial charge in [0.05, 0.1) is 6.61 Å². The molecule has 7 heteroatoms. The van der Waals surface area contributed by atoms with Gasteiger partial charge >= 0.3 is 5.51 Å². The molecule has 0 saturated carbocycles. The first-order chi connectivity index (χ1) is 6.99. The second-order valence-corrected chi connectivity index (χ2v) is 3.59. The van der Waals surface area contributed by atoms with Crippen molar-refractivity contribution in [1.29, 1.82) is 0 Å². The van der Waals surface area contributed by atoms with Gasteiger partial charge in [-0.25, -0.2) is 4.98 Å². The van der Waals surface area contributed by atoms with E-state index in [1.165, 1.54) is 18.3 Å². The summed E-state index contributed by atoms with van der Waals surface area (Å²) in [6.45, 7) is -0.215. The van der Waals surface area contributed by atoms with Crippen molar-refractivity contribution in [3.63, 3.8) is 0 Å². The fourth-order valence-corrected chi connectivity index (χ4v) is 1.19. The molecule has 2 nitrogen and oxygen atoms in total. The molecule has 0 aliphatic carbocycles. The molecule has 84 valence electrons. The summed E-state index contributed by atoms with van der Waals surface area (Å²) in [5.41, 5.74) is -4.28. The molecule has 0 fully saturated rings. The Hall–Kier alpha value is -0.980. The van der Waals surface area contributed by atoms with Gasteiger partial charge in [-0.2, -0.15) is 17.6 Å². The summed E-state index contributed by atoms with van der Waals surface area (Å²) >= 11 is -0.209. The summed E-state index contributed by atoms with van der Waals surface area (Å²) < 4.78 is 52.6. The fraction of sp³-hybridized carbons (Fsp3) is 0.375. The van der Waals surface area contributed by atoms with Gasteiger partial charge in [-0.3, -0.25) is 0 Å². The fourth-order valence-electron chi connectivity index (χ4n) is 0.788. The number of pyridine rings is 1. The van der Waals surface area contributed by atoms with Crippen molar-refractivity contribution in [3.8, 4) is 5.75 Å². The number of hydrogen-bond donors (Lipinski definition) is 0. The zero-order chi connectivity index (χ0) is 11.3. The molecule has 1 aromatic heterocycles. The third-order valence-electron chi connectivity index (χ3n) is 1.33. The topological polar surface area (TPSA) is 22.1 Å². The summed E-state index contributed by atoms with van der Waals surface area (Å²) in [5, 5.41) is 0. The molecule has 0 N–H and O–H groups in total. The highest BCUT2D eigenvalue weighted by molar-refractivity contribution is 8.00. The van der Waals surface area contributed by atoms with Crippen LogP contribution in [0.15, 0.2) is 18.3 Å². The zero-order valence-electron chi connectivity index (χ0n) is 7.42. The van der Waals surface area contributed by atoms with Gasteiger partial charge in [-0.1, -0.05) is 0 Å². The number of ether oxygens (including phenoxy) is 1. The Bertz CT molecular complexity index is 318. The molecule has 0 spiro atoms. The first-order valence-corrected chi connectivity index (χ1v) is 4.91. The number of halogens is 4. The Balaban J connectivity index is 2.30. The molecule has 0 unspecified atom stereocenters. The number of nitrogens with zero attached hydrogens (tertiary/aromatic N) is 1. The molecule has 1 aromatic rings. The Morgan fingerprint density at radius 2 is 2.13 bits per heavy atom. The minimum absolute atomic E-state index is 0.139. The van der Waals surface area contributed by atoms with Crippen LogP contribution in [0.2, 0.25) is 0 Å². The molecule has 0 aromatic carbocycles. The molecule has 0 aliphatic heterocycles. The molecule has 0 atom stereocenters. The van der Waals surface area contributed by atoms with E-state index < -0.39 is 11.5 Å². The molecule has 0 saturated heterocycles. The Labute approximate surface area is 87.6 Å². The van der Waals surface area contributed by atoms with Crippen LogP contribution in [-0.4, -0.2) is 22.9 Å². The molecule has 1 heterocycles. The lowest BCUT2D eigenvalue weighted by Crippen LogP contribution is -2.08. The van der Waals surface area contributed by atoms with Crippen molar-refractivity contribution >= 4 is 11.8 Å². The van der Waals surface area contributed by atoms with Gasteiger partial charge in [-0.15, -0.1) is 0 Å². The van der Waals surface area contributed by atoms with Gasteiger partial charge < -0.3 is 4.74 Å². The van der Waals surface area contributed by atoms with E-state index in [1.807, 2.05) is 0 Å². The third kappa shape index (κ3) is 4.87. The standard InChI is InChI=1S/C8H7F4NOS/c9-7-6(2-1-3-13-7)14-4-5-15-8(10,11)12/h1-3H,4-5H2. The van der Waals surface area contributed by atoms with Crippen LogP contribution in [-0.2, 0) is 0 Å². The number of rotatable bonds is 4. The first-order valence-electron chi connectivity index (χ1n) is 3.93. The van der Waals surface area contributed by atoms with Gasteiger partial charge in [0, 0.05) is 11.9 Å². The summed E-state index contributed by atoms with van der Waals surface area (Å²) in [6.07, 6.45) is 1.23. The largest absolute Gasteiger partial charge is 0.488 e. The first kappa shape index (κ1) is 12.1. The van der Waals surface area contributed by atoms with Crippen molar-refractivity contribution in [2.75, 3.05) is 12.4 Å². The summed E-state index contributed by atoms with van der Waals surface area (Å²) in [5.74, 6) is -1.24. The molecule has 0 amide bonds. The highest BCUT2D eigenvalue weighted by Gasteiger charge is 2.27. The van der Waals surface area contributed by atoms with E-state index >= 15 is 0 Å². The van der Waals surface area contributed by atoms with Gasteiger partial charge in [0.15, 0.2) is 5.75 Å². The Kier molecular flexibility index (Phi) is 4.19. The predicted molar refractivity (Wildman–Crippen MR) is 48.2 cm³/mol. The highest BCUT2D eigenvalue weighted by Crippen LogP contribution is 2.29. The van der Waals surface area contributed by atoms with E-state index in [4.69, 9.17) is 4.74 Å². The van der Waals surface area contributed by atoms with E-state index in [2.05, 4.69) is 4.98 Å².